The lowest BCUT2D eigenvalue weighted by atomic mass is 10.0. The molecule has 20 heavy (non-hydrogen) atoms. The highest BCUT2D eigenvalue weighted by Crippen LogP contribution is 2.20. The van der Waals surface area contributed by atoms with Crippen molar-refractivity contribution in [3.05, 3.63) is 0 Å². The fraction of sp³-hybridized carbons (Fsp3) is 0.923. The number of likely N-dealkylation sites (tertiary alicyclic amines) is 2. The van der Waals surface area contributed by atoms with Crippen molar-refractivity contribution >= 4 is 15.9 Å². The second-order valence-corrected chi connectivity index (χ2v) is 7.69. The van der Waals surface area contributed by atoms with Crippen LogP contribution < -0.4 is 5.14 Å². The van der Waals surface area contributed by atoms with E-state index in [2.05, 4.69) is 11.8 Å². The number of amides is 1. The average molecular weight is 303 g/mol. The Morgan fingerprint density at radius 1 is 1.30 bits per heavy atom. The quantitative estimate of drug-likeness (QED) is 0.783. The molecule has 2 saturated heterocycles. The molecule has 2 heterocycles. The van der Waals surface area contributed by atoms with Gasteiger partial charge >= 0.3 is 0 Å². The lowest BCUT2D eigenvalue weighted by Gasteiger charge is -2.36. The van der Waals surface area contributed by atoms with Crippen LogP contribution in [0.5, 0.6) is 0 Å². The molecule has 0 aromatic rings. The van der Waals surface area contributed by atoms with Crippen LogP contribution in [0.4, 0.5) is 0 Å². The average Bonchev–Trinajstić information content (AvgIpc) is 2.78. The summed E-state index contributed by atoms with van der Waals surface area (Å²) in [6.07, 6.45) is 4.89. The number of rotatable bonds is 5. The number of carbonyl (C=O) groups is 1. The zero-order valence-corrected chi connectivity index (χ0v) is 12.9. The highest BCUT2D eigenvalue weighted by Gasteiger charge is 2.36. The summed E-state index contributed by atoms with van der Waals surface area (Å²) in [6, 6.07) is 0.607. The van der Waals surface area contributed by atoms with Crippen molar-refractivity contribution in [1.82, 2.24) is 9.80 Å². The van der Waals surface area contributed by atoms with Crippen LogP contribution in [0.1, 0.15) is 39.0 Å². The fourth-order valence-corrected chi connectivity index (χ4v) is 4.00. The number of piperidine rings is 1. The van der Waals surface area contributed by atoms with E-state index < -0.39 is 15.3 Å². The summed E-state index contributed by atoms with van der Waals surface area (Å²) in [5, 5.41) is 4.41. The van der Waals surface area contributed by atoms with Crippen molar-refractivity contribution in [3.63, 3.8) is 0 Å². The Morgan fingerprint density at radius 3 is 2.65 bits per heavy atom. The molecule has 2 N–H and O–H groups in total. The van der Waals surface area contributed by atoms with Crippen molar-refractivity contribution in [3.8, 4) is 0 Å². The van der Waals surface area contributed by atoms with E-state index in [1.807, 2.05) is 0 Å². The molecule has 0 aromatic carbocycles. The molecular weight excluding hydrogens is 278 g/mol. The maximum absolute atomic E-state index is 11.8. The van der Waals surface area contributed by atoms with Gasteiger partial charge in [-0.05, 0) is 25.8 Å². The summed E-state index contributed by atoms with van der Waals surface area (Å²) in [5.74, 6) is -0.0888. The van der Waals surface area contributed by atoms with Crippen LogP contribution in [0.25, 0.3) is 0 Å². The van der Waals surface area contributed by atoms with E-state index in [0.717, 1.165) is 19.5 Å². The van der Waals surface area contributed by atoms with Crippen LogP contribution in [-0.4, -0.2) is 61.6 Å². The monoisotopic (exact) mass is 303 g/mol. The van der Waals surface area contributed by atoms with Gasteiger partial charge in [-0.15, -0.1) is 0 Å². The van der Waals surface area contributed by atoms with Gasteiger partial charge in [0, 0.05) is 32.1 Å². The Hall–Kier alpha value is -0.660. The molecule has 0 saturated carbocycles. The van der Waals surface area contributed by atoms with Crippen molar-refractivity contribution in [2.24, 2.45) is 5.14 Å². The first kappa shape index (κ1) is 15.7. The van der Waals surface area contributed by atoms with Crippen LogP contribution >= 0.6 is 0 Å². The van der Waals surface area contributed by atoms with Crippen LogP contribution in [0, 0.1) is 0 Å². The van der Waals surface area contributed by atoms with E-state index in [1.54, 1.807) is 4.90 Å². The van der Waals surface area contributed by atoms with Crippen LogP contribution in [-0.2, 0) is 14.8 Å². The first-order valence-corrected chi connectivity index (χ1v) is 9.06. The number of primary sulfonamides is 1. The maximum Gasteiger partial charge on any atom is 0.224 e. The van der Waals surface area contributed by atoms with E-state index >= 15 is 0 Å². The molecule has 0 aromatic heterocycles. The minimum Gasteiger partial charge on any atom is -0.340 e. The van der Waals surface area contributed by atoms with Gasteiger partial charge in [-0.25, -0.2) is 13.6 Å². The van der Waals surface area contributed by atoms with Gasteiger partial charge < -0.3 is 4.90 Å². The number of sulfonamides is 1. The molecule has 0 radical (unpaired) electrons. The summed E-state index contributed by atoms with van der Waals surface area (Å²) in [4.78, 5) is 15.9. The van der Waals surface area contributed by atoms with Gasteiger partial charge in [0.1, 0.15) is 5.25 Å². The van der Waals surface area contributed by atoms with E-state index in [0.29, 0.717) is 12.6 Å². The van der Waals surface area contributed by atoms with E-state index in [-0.39, 0.29) is 18.9 Å². The Labute approximate surface area is 121 Å². The maximum atomic E-state index is 11.8. The number of nitrogens with two attached hydrogens (primary N) is 1. The SMILES string of the molecule is CCC1CCCCN1CCN1CC(S(N)(=O)=O)CC1=O. The zero-order valence-electron chi connectivity index (χ0n) is 12.1. The minimum atomic E-state index is -3.60. The second kappa shape index (κ2) is 6.41. The predicted molar refractivity (Wildman–Crippen MR) is 77.6 cm³/mol. The molecule has 2 rings (SSSR count). The summed E-state index contributed by atoms with van der Waals surface area (Å²) < 4.78 is 22.6. The van der Waals surface area contributed by atoms with Crippen molar-refractivity contribution in [2.75, 3.05) is 26.2 Å². The fourth-order valence-electron chi connectivity index (χ4n) is 3.24. The predicted octanol–water partition coefficient (Wildman–Crippen LogP) is 0.140. The third-order valence-corrected chi connectivity index (χ3v) is 5.77. The van der Waals surface area contributed by atoms with E-state index in [4.69, 9.17) is 5.14 Å². The van der Waals surface area contributed by atoms with Crippen LogP contribution in [0.2, 0.25) is 0 Å². The molecule has 2 aliphatic heterocycles. The first-order chi connectivity index (χ1) is 9.41. The molecule has 2 aliphatic rings. The largest absolute Gasteiger partial charge is 0.340 e. The molecule has 116 valence electrons. The molecular formula is C13H25N3O3S. The van der Waals surface area contributed by atoms with Crippen LogP contribution in [0.3, 0.4) is 0 Å². The Kier molecular flexibility index (Phi) is 5.04. The second-order valence-electron chi connectivity index (χ2n) is 5.85. The number of carbonyl (C=O) groups excluding carboxylic acids is 1. The third-order valence-electron chi connectivity index (χ3n) is 4.52. The van der Waals surface area contributed by atoms with Crippen LogP contribution in [0.15, 0.2) is 0 Å². The molecule has 7 heteroatoms. The highest BCUT2D eigenvalue weighted by molar-refractivity contribution is 7.89. The lowest BCUT2D eigenvalue weighted by Crippen LogP contribution is -2.44. The van der Waals surface area contributed by atoms with Gasteiger partial charge in [0.15, 0.2) is 0 Å². The standard InChI is InChI=1S/C13H25N3O3S/c1-2-11-5-3-4-6-15(11)7-8-16-10-12(9-13(16)17)20(14,18)19/h11-12H,2-10H2,1H3,(H2,14,18,19). The number of hydrogen-bond acceptors (Lipinski definition) is 4. The Bertz CT molecular complexity index is 452. The Balaban J connectivity index is 1.86. The molecule has 6 nitrogen and oxygen atoms in total. The molecule has 0 aliphatic carbocycles. The summed E-state index contributed by atoms with van der Waals surface area (Å²) in [5.41, 5.74) is 0. The summed E-state index contributed by atoms with van der Waals surface area (Å²) in [7, 11) is -3.60. The molecule has 2 atom stereocenters. The van der Waals surface area contributed by atoms with Gasteiger partial charge in [0.05, 0.1) is 0 Å². The summed E-state index contributed by atoms with van der Waals surface area (Å²) >= 11 is 0. The van der Waals surface area contributed by atoms with Crippen molar-refractivity contribution < 1.29 is 13.2 Å². The Morgan fingerprint density at radius 2 is 2.05 bits per heavy atom. The van der Waals surface area contributed by atoms with Gasteiger partial charge in [-0.2, -0.15) is 0 Å². The smallest absolute Gasteiger partial charge is 0.224 e. The van der Waals surface area contributed by atoms with E-state index in [1.165, 1.54) is 19.3 Å². The summed E-state index contributed by atoms with van der Waals surface area (Å²) in [6.45, 7) is 4.98. The molecule has 0 spiro atoms. The molecule has 2 unspecified atom stereocenters. The topological polar surface area (TPSA) is 83.7 Å². The lowest BCUT2D eigenvalue weighted by molar-refractivity contribution is -0.128. The van der Waals surface area contributed by atoms with E-state index in [9.17, 15) is 13.2 Å². The minimum absolute atomic E-state index is 0.0377. The van der Waals surface area contributed by atoms with Gasteiger partial charge in [0.25, 0.3) is 0 Å². The van der Waals surface area contributed by atoms with Gasteiger partial charge in [0.2, 0.25) is 15.9 Å². The number of nitrogens with zero attached hydrogens (tertiary/aromatic N) is 2. The molecule has 1 amide bonds. The number of hydrogen-bond donors (Lipinski definition) is 1. The van der Waals surface area contributed by atoms with Gasteiger partial charge in [-0.3, -0.25) is 9.69 Å². The highest BCUT2D eigenvalue weighted by atomic mass is 32.2. The first-order valence-electron chi connectivity index (χ1n) is 7.45. The molecule has 0 bridgehead atoms. The van der Waals surface area contributed by atoms with Crippen molar-refractivity contribution in [2.45, 2.75) is 50.3 Å². The van der Waals surface area contributed by atoms with Gasteiger partial charge in [-0.1, -0.05) is 13.3 Å². The molecule has 2 fully saturated rings. The van der Waals surface area contributed by atoms with Crippen molar-refractivity contribution in [1.29, 1.82) is 0 Å². The third kappa shape index (κ3) is 3.71. The zero-order chi connectivity index (χ0) is 14.8. The normalized spacial score (nSPS) is 29.1.